The maximum Gasteiger partial charge on any atom is 0.240 e. The predicted octanol–water partition coefficient (Wildman–Crippen LogP) is 1.05. The molecule has 1 fully saturated rings. The number of rotatable bonds is 4. The summed E-state index contributed by atoms with van der Waals surface area (Å²) in [6.45, 7) is 4.09. The van der Waals surface area contributed by atoms with Crippen LogP contribution in [0.2, 0.25) is 0 Å². The summed E-state index contributed by atoms with van der Waals surface area (Å²) >= 11 is 0. The number of nitrogens with one attached hydrogen (secondary N) is 1. The van der Waals surface area contributed by atoms with E-state index in [0.717, 1.165) is 11.1 Å². The molecule has 1 atom stereocenters. The van der Waals surface area contributed by atoms with Gasteiger partial charge >= 0.3 is 0 Å². The molecule has 1 saturated heterocycles. The van der Waals surface area contributed by atoms with Crippen molar-refractivity contribution in [2.75, 3.05) is 19.8 Å². The normalized spacial score (nSPS) is 21.3. The Labute approximate surface area is 136 Å². The van der Waals surface area contributed by atoms with Crippen molar-refractivity contribution in [2.45, 2.75) is 43.7 Å². The van der Waals surface area contributed by atoms with Crippen LogP contribution in [-0.4, -0.2) is 45.0 Å². The summed E-state index contributed by atoms with van der Waals surface area (Å²) < 4.78 is 32.8. The van der Waals surface area contributed by atoms with Crippen LogP contribution in [0.5, 0.6) is 0 Å². The third-order valence-electron chi connectivity index (χ3n) is 4.41. The number of sulfonamides is 1. The summed E-state index contributed by atoms with van der Waals surface area (Å²) in [5.41, 5.74) is 2.04. The molecule has 0 aliphatic carbocycles. The monoisotopic (exact) mass is 338 g/mol. The van der Waals surface area contributed by atoms with Gasteiger partial charge in [-0.3, -0.25) is 4.79 Å². The Balaban J connectivity index is 1.77. The molecule has 0 radical (unpaired) electrons. The van der Waals surface area contributed by atoms with Crippen LogP contribution in [0.15, 0.2) is 23.1 Å². The minimum Gasteiger partial charge on any atom is -0.380 e. The fourth-order valence-electron chi connectivity index (χ4n) is 3.05. The Morgan fingerprint density at radius 2 is 2.22 bits per heavy atom. The Kier molecular flexibility index (Phi) is 4.70. The van der Waals surface area contributed by atoms with E-state index < -0.39 is 10.0 Å². The number of ether oxygens (including phenoxy) is 1. The van der Waals surface area contributed by atoms with Gasteiger partial charge in [-0.15, -0.1) is 0 Å². The molecule has 0 bridgehead atoms. The standard InChI is InChI=1S/C16H22N2O4S/c1-2-16(19)18-7-5-12-9-15(4-3-13(12)10-18)23(20,21)17-14-6-8-22-11-14/h3-4,9,14,17H,2,5-8,10-11H2,1H3/t14-/m0/s1. The first-order chi connectivity index (χ1) is 11.0. The summed E-state index contributed by atoms with van der Waals surface area (Å²) in [6, 6.07) is 5.04. The summed E-state index contributed by atoms with van der Waals surface area (Å²) in [7, 11) is -3.52. The molecule has 1 N–H and O–H groups in total. The van der Waals surface area contributed by atoms with Gasteiger partial charge in [0.05, 0.1) is 11.5 Å². The average molecular weight is 338 g/mol. The third kappa shape index (κ3) is 3.57. The van der Waals surface area contributed by atoms with Crippen molar-refractivity contribution in [3.8, 4) is 0 Å². The highest BCUT2D eigenvalue weighted by atomic mass is 32.2. The number of carbonyl (C=O) groups excluding carboxylic acids is 1. The second-order valence-corrected chi connectivity index (χ2v) is 7.75. The molecule has 0 saturated carbocycles. The zero-order valence-corrected chi connectivity index (χ0v) is 14.1. The quantitative estimate of drug-likeness (QED) is 0.890. The number of carbonyl (C=O) groups is 1. The first-order valence-electron chi connectivity index (χ1n) is 7.99. The Bertz CT molecular complexity index is 696. The van der Waals surface area contributed by atoms with Gasteiger partial charge in [-0.1, -0.05) is 13.0 Å². The van der Waals surface area contributed by atoms with E-state index in [1.54, 1.807) is 12.1 Å². The summed E-state index contributed by atoms with van der Waals surface area (Å²) in [6.07, 6.45) is 1.89. The summed E-state index contributed by atoms with van der Waals surface area (Å²) in [4.78, 5) is 13.9. The first-order valence-corrected chi connectivity index (χ1v) is 9.47. The molecule has 2 heterocycles. The maximum atomic E-state index is 12.5. The number of nitrogens with zero attached hydrogens (tertiary/aromatic N) is 1. The molecule has 1 amide bonds. The van der Waals surface area contributed by atoms with Crippen molar-refractivity contribution in [3.63, 3.8) is 0 Å². The van der Waals surface area contributed by atoms with E-state index in [4.69, 9.17) is 4.74 Å². The van der Waals surface area contributed by atoms with Crippen molar-refractivity contribution in [1.82, 2.24) is 9.62 Å². The van der Waals surface area contributed by atoms with Crippen molar-refractivity contribution >= 4 is 15.9 Å². The molecular weight excluding hydrogens is 316 g/mol. The van der Waals surface area contributed by atoms with Crippen molar-refractivity contribution in [1.29, 1.82) is 0 Å². The highest BCUT2D eigenvalue weighted by molar-refractivity contribution is 7.89. The largest absolute Gasteiger partial charge is 0.380 e. The van der Waals surface area contributed by atoms with E-state index in [0.29, 0.717) is 50.5 Å². The molecule has 0 unspecified atom stereocenters. The highest BCUT2D eigenvalue weighted by Gasteiger charge is 2.25. The molecule has 2 aliphatic rings. The Morgan fingerprint density at radius 1 is 1.39 bits per heavy atom. The second-order valence-electron chi connectivity index (χ2n) is 6.03. The lowest BCUT2D eigenvalue weighted by atomic mass is 10.00. The topological polar surface area (TPSA) is 75.7 Å². The molecule has 3 rings (SSSR count). The summed E-state index contributed by atoms with van der Waals surface area (Å²) in [5, 5.41) is 0. The Morgan fingerprint density at radius 3 is 2.91 bits per heavy atom. The molecule has 7 heteroatoms. The molecular formula is C16H22N2O4S. The molecule has 126 valence electrons. The fraction of sp³-hybridized carbons (Fsp3) is 0.562. The van der Waals surface area contributed by atoms with Crippen LogP contribution in [0.4, 0.5) is 0 Å². The molecule has 1 aromatic rings. The lowest BCUT2D eigenvalue weighted by Gasteiger charge is -2.29. The van der Waals surface area contributed by atoms with Gasteiger partial charge in [0.15, 0.2) is 0 Å². The van der Waals surface area contributed by atoms with E-state index in [1.165, 1.54) is 0 Å². The van der Waals surface area contributed by atoms with E-state index in [1.807, 2.05) is 17.9 Å². The number of hydrogen-bond acceptors (Lipinski definition) is 4. The smallest absolute Gasteiger partial charge is 0.240 e. The number of benzene rings is 1. The Hall–Kier alpha value is -1.44. The molecule has 6 nitrogen and oxygen atoms in total. The van der Waals surface area contributed by atoms with Crippen molar-refractivity contribution in [3.05, 3.63) is 29.3 Å². The van der Waals surface area contributed by atoms with E-state index in [9.17, 15) is 13.2 Å². The lowest BCUT2D eigenvalue weighted by molar-refractivity contribution is -0.131. The van der Waals surface area contributed by atoms with Crippen LogP contribution < -0.4 is 4.72 Å². The fourth-order valence-corrected chi connectivity index (χ4v) is 4.35. The van der Waals surface area contributed by atoms with Gasteiger partial charge in [-0.25, -0.2) is 13.1 Å². The average Bonchev–Trinajstić information content (AvgIpc) is 3.05. The lowest BCUT2D eigenvalue weighted by Crippen LogP contribution is -2.36. The van der Waals surface area contributed by atoms with Gasteiger partial charge in [0.1, 0.15) is 0 Å². The number of hydrogen-bond donors (Lipinski definition) is 1. The van der Waals surface area contributed by atoms with Crippen LogP contribution in [0.25, 0.3) is 0 Å². The van der Waals surface area contributed by atoms with Gasteiger partial charge in [0.2, 0.25) is 15.9 Å². The molecule has 0 aromatic heterocycles. The van der Waals surface area contributed by atoms with Crippen molar-refractivity contribution < 1.29 is 17.9 Å². The second kappa shape index (κ2) is 6.59. The SMILES string of the molecule is CCC(=O)N1CCc2cc(S(=O)(=O)N[C@H]3CCOC3)ccc2C1. The zero-order chi connectivity index (χ0) is 16.4. The van der Waals surface area contributed by atoms with E-state index in [2.05, 4.69) is 4.72 Å². The van der Waals surface area contributed by atoms with E-state index >= 15 is 0 Å². The van der Waals surface area contributed by atoms with Crippen LogP contribution >= 0.6 is 0 Å². The molecule has 2 aliphatic heterocycles. The van der Waals surface area contributed by atoms with Gasteiger partial charge in [0.25, 0.3) is 0 Å². The molecule has 0 spiro atoms. The maximum absolute atomic E-state index is 12.5. The summed E-state index contributed by atoms with van der Waals surface area (Å²) in [5.74, 6) is 0.134. The van der Waals surface area contributed by atoms with Crippen LogP contribution in [-0.2, 0) is 32.5 Å². The number of amides is 1. The van der Waals surface area contributed by atoms with Crippen LogP contribution in [0, 0.1) is 0 Å². The van der Waals surface area contributed by atoms with Gasteiger partial charge in [-0.05, 0) is 36.1 Å². The first kappa shape index (κ1) is 16.4. The van der Waals surface area contributed by atoms with Crippen molar-refractivity contribution in [2.24, 2.45) is 0 Å². The molecule has 23 heavy (non-hydrogen) atoms. The minimum absolute atomic E-state index is 0.134. The van der Waals surface area contributed by atoms with Crippen LogP contribution in [0.1, 0.15) is 30.9 Å². The predicted molar refractivity (Wildman–Crippen MR) is 85.4 cm³/mol. The highest BCUT2D eigenvalue weighted by Crippen LogP contribution is 2.23. The number of fused-ring (bicyclic) bond motifs is 1. The minimum atomic E-state index is -3.52. The van der Waals surface area contributed by atoms with E-state index in [-0.39, 0.29) is 11.9 Å². The van der Waals surface area contributed by atoms with Gasteiger partial charge in [0, 0.05) is 32.2 Å². The molecule has 1 aromatic carbocycles. The zero-order valence-electron chi connectivity index (χ0n) is 13.2. The third-order valence-corrected chi connectivity index (χ3v) is 5.93. The van der Waals surface area contributed by atoms with Gasteiger partial charge in [-0.2, -0.15) is 0 Å². The van der Waals surface area contributed by atoms with Crippen LogP contribution in [0.3, 0.4) is 0 Å². The van der Waals surface area contributed by atoms with Gasteiger partial charge < -0.3 is 9.64 Å².